The highest BCUT2D eigenvalue weighted by molar-refractivity contribution is 7.89. The van der Waals surface area contributed by atoms with Crippen molar-refractivity contribution in [3.63, 3.8) is 0 Å². The van der Waals surface area contributed by atoms with Gasteiger partial charge in [0, 0.05) is 12.6 Å². The summed E-state index contributed by atoms with van der Waals surface area (Å²) in [6.45, 7) is 1.45. The number of primary amides is 1. The third kappa shape index (κ3) is 2.87. The Kier molecular flexibility index (Phi) is 4.06. The van der Waals surface area contributed by atoms with Crippen LogP contribution in [0.4, 0.5) is 5.95 Å². The van der Waals surface area contributed by atoms with E-state index in [9.17, 15) is 13.2 Å². The van der Waals surface area contributed by atoms with Crippen LogP contribution < -0.4 is 16.2 Å². The Labute approximate surface area is 126 Å². The smallest absolute Gasteiger partial charge is 0.249 e. The molecule has 2 aromatic rings. The fourth-order valence-electron chi connectivity index (χ4n) is 2.05. The van der Waals surface area contributed by atoms with Gasteiger partial charge in [-0.1, -0.05) is 0 Å². The van der Waals surface area contributed by atoms with Crippen molar-refractivity contribution in [1.82, 2.24) is 15.0 Å². The summed E-state index contributed by atoms with van der Waals surface area (Å²) in [7, 11) is -2.35. The van der Waals surface area contributed by atoms with E-state index in [0.29, 0.717) is 11.5 Å². The van der Waals surface area contributed by atoms with Crippen molar-refractivity contribution in [2.24, 2.45) is 10.9 Å². The van der Waals surface area contributed by atoms with Gasteiger partial charge in [0.05, 0.1) is 10.5 Å². The third-order valence-electron chi connectivity index (χ3n) is 3.00. The van der Waals surface area contributed by atoms with Crippen molar-refractivity contribution in [3.05, 3.63) is 29.6 Å². The van der Waals surface area contributed by atoms with Crippen LogP contribution in [-0.4, -0.2) is 36.3 Å². The van der Waals surface area contributed by atoms with Gasteiger partial charge < -0.3 is 11.1 Å². The minimum absolute atomic E-state index is 0.000205. The van der Waals surface area contributed by atoms with E-state index in [1.54, 1.807) is 7.05 Å². The number of aromatic nitrogens is 3. The Hall–Kier alpha value is -2.59. The predicted molar refractivity (Wildman–Crippen MR) is 79.4 cm³/mol. The van der Waals surface area contributed by atoms with E-state index in [4.69, 9.17) is 10.9 Å². The van der Waals surface area contributed by atoms with E-state index in [2.05, 4.69) is 20.3 Å². The molecule has 0 fully saturated rings. The molecule has 0 radical (unpaired) electrons. The van der Waals surface area contributed by atoms with Crippen LogP contribution in [0.2, 0.25) is 0 Å². The highest BCUT2D eigenvalue weighted by atomic mass is 32.2. The van der Waals surface area contributed by atoms with Gasteiger partial charge in [-0.3, -0.25) is 4.79 Å². The molecule has 0 bridgehead atoms. The maximum Gasteiger partial charge on any atom is 0.249 e. The zero-order chi connectivity index (χ0) is 16.5. The molecule has 0 aliphatic carbocycles. The molecule has 0 atom stereocenters. The maximum absolute atomic E-state index is 11.7. The molecule has 116 valence electrons. The lowest BCUT2D eigenvalue weighted by Gasteiger charge is -2.12. The summed E-state index contributed by atoms with van der Waals surface area (Å²) in [5.74, 6) is -0.310. The van der Waals surface area contributed by atoms with Crippen molar-refractivity contribution < 1.29 is 13.2 Å². The number of rotatable bonds is 4. The number of carbonyl (C=O) groups is 1. The molecule has 1 amide bonds. The summed E-state index contributed by atoms with van der Waals surface area (Å²) < 4.78 is 23.1. The second-order valence-corrected chi connectivity index (χ2v) is 5.93. The Balaban J connectivity index is 2.77. The molecule has 0 saturated heterocycles. The molecule has 1 aromatic carbocycles. The number of hydrogen-bond acceptors (Lipinski definition) is 7. The number of carbonyl (C=O) groups excluding carboxylic acids is 1. The number of sulfonamides is 1. The van der Waals surface area contributed by atoms with Crippen molar-refractivity contribution in [2.45, 2.75) is 11.8 Å². The van der Waals surface area contributed by atoms with Crippen LogP contribution in [0.3, 0.4) is 0 Å². The summed E-state index contributed by atoms with van der Waals surface area (Å²) in [4.78, 5) is 23.5. The molecule has 5 N–H and O–H groups in total. The number of primary sulfonamides is 1. The zero-order valence-corrected chi connectivity index (χ0v) is 12.7. The van der Waals surface area contributed by atoms with Gasteiger partial charge in [-0.2, -0.15) is 4.98 Å². The summed E-state index contributed by atoms with van der Waals surface area (Å²) >= 11 is 0. The normalized spacial score (nSPS) is 11.2. The second-order valence-electron chi connectivity index (χ2n) is 4.40. The van der Waals surface area contributed by atoms with Crippen LogP contribution in [0.15, 0.2) is 23.4 Å². The van der Waals surface area contributed by atoms with Crippen LogP contribution in [0.25, 0.3) is 11.4 Å². The first kappa shape index (κ1) is 15.8. The first-order valence-corrected chi connectivity index (χ1v) is 7.63. The molecule has 9 nitrogen and oxygen atoms in total. The molecule has 1 aromatic heterocycles. The Morgan fingerprint density at radius 2 is 1.95 bits per heavy atom. The number of nitrogens with one attached hydrogen (secondary N) is 1. The monoisotopic (exact) mass is 322 g/mol. The minimum Gasteiger partial charge on any atom is -0.366 e. The van der Waals surface area contributed by atoms with Crippen LogP contribution in [-0.2, 0) is 10.0 Å². The zero-order valence-electron chi connectivity index (χ0n) is 11.9. The van der Waals surface area contributed by atoms with Gasteiger partial charge in [0.1, 0.15) is 6.33 Å². The molecular formula is C12H14N6O3S. The van der Waals surface area contributed by atoms with Gasteiger partial charge in [0.2, 0.25) is 21.9 Å². The van der Waals surface area contributed by atoms with Crippen molar-refractivity contribution in [1.29, 1.82) is 0 Å². The quantitative estimate of drug-likeness (QED) is 0.694. The number of nitrogens with zero attached hydrogens (tertiary/aromatic N) is 3. The summed E-state index contributed by atoms with van der Waals surface area (Å²) in [5.41, 5.74) is 5.83. The molecule has 0 saturated carbocycles. The minimum atomic E-state index is -3.97. The first-order valence-electron chi connectivity index (χ1n) is 6.09. The Bertz CT molecular complexity index is 850. The van der Waals surface area contributed by atoms with E-state index in [1.165, 1.54) is 25.4 Å². The van der Waals surface area contributed by atoms with Crippen LogP contribution >= 0.6 is 0 Å². The standard InChI is InChI=1S/C12H14N6O3S/c1-6-8(22(14,20)21)4-3-7(9(6)10(13)19)11-16-5-17-12(15-2)18-11/h3-5H,1-2H3,(H2,13,19)(H2,14,20,21)(H,15,16,17,18). The topological polar surface area (TPSA) is 154 Å². The van der Waals surface area contributed by atoms with Gasteiger partial charge in [0.15, 0.2) is 5.82 Å². The highest BCUT2D eigenvalue weighted by Gasteiger charge is 2.22. The van der Waals surface area contributed by atoms with Crippen LogP contribution in [0.5, 0.6) is 0 Å². The Morgan fingerprint density at radius 1 is 1.27 bits per heavy atom. The molecule has 0 aliphatic rings. The SMILES string of the molecule is CNc1ncnc(-c2ccc(S(N)(=O)=O)c(C)c2C(N)=O)n1. The predicted octanol–water partition coefficient (Wildman–Crippen LogP) is -0.365. The lowest BCUT2D eigenvalue weighted by molar-refractivity contribution is 0.1000. The average molecular weight is 322 g/mol. The molecular weight excluding hydrogens is 308 g/mol. The van der Waals surface area contributed by atoms with Crippen molar-refractivity contribution in [2.75, 3.05) is 12.4 Å². The number of benzene rings is 1. The molecule has 2 rings (SSSR count). The second kappa shape index (κ2) is 5.66. The van der Waals surface area contributed by atoms with Gasteiger partial charge in [0.25, 0.3) is 0 Å². The lowest BCUT2D eigenvalue weighted by atomic mass is 10.0. The van der Waals surface area contributed by atoms with Gasteiger partial charge in [-0.05, 0) is 24.6 Å². The van der Waals surface area contributed by atoms with E-state index >= 15 is 0 Å². The number of nitrogens with two attached hydrogens (primary N) is 2. The molecule has 0 aliphatic heterocycles. The molecule has 10 heteroatoms. The first-order chi connectivity index (χ1) is 10.3. The van der Waals surface area contributed by atoms with Crippen LogP contribution in [0, 0.1) is 6.92 Å². The fourth-order valence-corrected chi connectivity index (χ4v) is 2.84. The largest absolute Gasteiger partial charge is 0.366 e. The van der Waals surface area contributed by atoms with Crippen molar-refractivity contribution >= 4 is 21.9 Å². The van der Waals surface area contributed by atoms with Gasteiger partial charge in [-0.25, -0.2) is 23.5 Å². The fraction of sp³-hybridized carbons (Fsp3) is 0.167. The maximum atomic E-state index is 11.7. The van der Waals surface area contributed by atoms with Crippen molar-refractivity contribution in [3.8, 4) is 11.4 Å². The number of anilines is 1. The number of amides is 1. The van der Waals surface area contributed by atoms with E-state index in [1.807, 2.05) is 0 Å². The Morgan fingerprint density at radius 3 is 2.50 bits per heavy atom. The highest BCUT2D eigenvalue weighted by Crippen LogP contribution is 2.27. The molecule has 22 heavy (non-hydrogen) atoms. The summed E-state index contributed by atoms with van der Waals surface area (Å²) in [5, 5.41) is 7.87. The van der Waals surface area contributed by atoms with E-state index in [0.717, 1.165) is 0 Å². The van der Waals surface area contributed by atoms with E-state index < -0.39 is 15.9 Å². The van der Waals surface area contributed by atoms with Gasteiger partial charge in [-0.15, -0.1) is 0 Å². The third-order valence-corrected chi connectivity index (χ3v) is 4.06. The lowest BCUT2D eigenvalue weighted by Crippen LogP contribution is -2.20. The molecule has 0 spiro atoms. The number of hydrogen-bond donors (Lipinski definition) is 3. The average Bonchev–Trinajstić information content (AvgIpc) is 2.45. The molecule has 1 heterocycles. The van der Waals surface area contributed by atoms with E-state index in [-0.39, 0.29) is 21.8 Å². The molecule has 0 unspecified atom stereocenters. The van der Waals surface area contributed by atoms with Crippen LogP contribution in [0.1, 0.15) is 15.9 Å². The summed E-state index contributed by atoms with van der Waals surface area (Å²) in [6.07, 6.45) is 1.27. The summed E-state index contributed by atoms with van der Waals surface area (Å²) in [6, 6.07) is 2.68. The van der Waals surface area contributed by atoms with Gasteiger partial charge >= 0.3 is 0 Å².